The summed E-state index contributed by atoms with van der Waals surface area (Å²) < 4.78 is 30.2. The zero-order chi connectivity index (χ0) is 28.9. The maximum absolute atomic E-state index is 12.5. The molecule has 3 heterocycles. The van der Waals surface area contributed by atoms with Gasteiger partial charge in [0.2, 0.25) is 0 Å². The van der Waals surface area contributed by atoms with Gasteiger partial charge in [0.1, 0.15) is 12.4 Å². The van der Waals surface area contributed by atoms with Gasteiger partial charge in [0, 0.05) is 37.1 Å². The summed E-state index contributed by atoms with van der Waals surface area (Å²) >= 11 is 0. The van der Waals surface area contributed by atoms with Gasteiger partial charge in [-0.25, -0.2) is 13.8 Å². The lowest BCUT2D eigenvalue weighted by molar-refractivity contribution is -0.142. The minimum atomic E-state index is -2.50. The van der Waals surface area contributed by atoms with Crippen molar-refractivity contribution >= 4 is 11.8 Å². The molecular formula is C32H40F2N4O3. The number of aliphatic carboxylic acids is 1. The van der Waals surface area contributed by atoms with Gasteiger partial charge in [-0.05, 0) is 86.5 Å². The highest BCUT2D eigenvalue weighted by Gasteiger charge is 2.21. The third-order valence-corrected chi connectivity index (χ3v) is 7.43. The van der Waals surface area contributed by atoms with Gasteiger partial charge in [-0.1, -0.05) is 36.4 Å². The van der Waals surface area contributed by atoms with E-state index in [-0.39, 0.29) is 6.61 Å². The van der Waals surface area contributed by atoms with Crippen LogP contribution >= 0.6 is 0 Å². The summed E-state index contributed by atoms with van der Waals surface area (Å²) in [6, 6.07) is 18.1. The van der Waals surface area contributed by atoms with Gasteiger partial charge in [-0.15, -0.1) is 0 Å². The monoisotopic (exact) mass is 566 g/mol. The Morgan fingerprint density at radius 1 is 1.02 bits per heavy atom. The third-order valence-electron chi connectivity index (χ3n) is 7.43. The number of carboxylic acids is 1. The van der Waals surface area contributed by atoms with Gasteiger partial charge < -0.3 is 20.1 Å². The van der Waals surface area contributed by atoms with Gasteiger partial charge in [0.15, 0.2) is 0 Å². The molecule has 4 rings (SSSR count). The Hall–Kier alpha value is -3.43. The van der Waals surface area contributed by atoms with Gasteiger partial charge in [0.25, 0.3) is 6.43 Å². The van der Waals surface area contributed by atoms with E-state index in [0.29, 0.717) is 25.9 Å². The molecule has 2 aromatic heterocycles. The molecule has 0 bridgehead atoms. The number of nitrogens with zero attached hydrogens (tertiary/aromatic N) is 3. The molecule has 7 nitrogen and oxygen atoms in total. The van der Waals surface area contributed by atoms with Crippen LogP contribution in [-0.2, 0) is 28.8 Å². The van der Waals surface area contributed by atoms with Crippen LogP contribution in [0.4, 0.5) is 14.6 Å². The minimum absolute atomic E-state index is 0.181. The van der Waals surface area contributed by atoms with E-state index >= 15 is 0 Å². The van der Waals surface area contributed by atoms with Crippen molar-refractivity contribution < 1.29 is 23.4 Å². The smallest absolute Gasteiger partial charge is 0.306 e. The number of fused-ring (bicyclic) bond motifs is 1. The maximum atomic E-state index is 12.5. The first-order valence-corrected chi connectivity index (χ1v) is 14.5. The molecule has 9 heteroatoms. The number of aromatic nitrogens is 2. The number of aryl methyl sites for hydroxylation is 2. The molecule has 0 unspecified atom stereocenters. The van der Waals surface area contributed by atoms with E-state index in [1.807, 2.05) is 42.5 Å². The molecule has 0 radical (unpaired) electrons. The third kappa shape index (κ3) is 10.2. The van der Waals surface area contributed by atoms with Crippen molar-refractivity contribution in [2.24, 2.45) is 5.92 Å². The molecular weight excluding hydrogens is 526 g/mol. The fourth-order valence-corrected chi connectivity index (χ4v) is 5.15. The largest absolute Gasteiger partial charge is 0.481 e. The van der Waals surface area contributed by atoms with Crippen LogP contribution in [0.3, 0.4) is 0 Å². The Morgan fingerprint density at radius 3 is 2.68 bits per heavy atom. The van der Waals surface area contributed by atoms with E-state index in [1.54, 1.807) is 6.20 Å². The lowest BCUT2D eigenvalue weighted by Gasteiger charge is -2.24. The summed E-state index contributed by atoms with van der Waals surface area (Å²) in [6.45, 7) is 2.29. The number of hydrogen-bond donors (Lipinski definition) is 2. The number of ether oxygens (including phenoxy) is 1. The summed E-state index contributed by atoms with van der Waals surface area (Å²) in [4.78, 5) is 23.5. The summed E-state index contributed by atoms with van der Waals surface area (Å²) in [5.74, 6) is -0.474. The molecule has 0 aliphatic carbocycles. The van der Waals surface area contributed by atoms with Crippen molar-refractivity contribution in [3.05, 3.63) is 77.7 Å². The zero-order valence-electron chi connectivity index (χ0n) is 23.5. The minimum Gasteiger partial charge on any atom is -0.481 e. The number of halogens is 2. The SMILES string of the molecule is O=C(O)[C@H](CCN(CCCCc1ccc2c(n1)NCCC2)CCOCC(F)F)Cc1cc(-c2ccccc2)ccn1. The number of anilines is 1. The number of rotatable bonds is 17. The first-order valence-electron chi connectivity index (χ1n) is 14.5. The highest BCUT2D eigenvalue weighted by Crippen LogP contribution is 2.22. The number of alkyl halides is 2. The topological polar surface area (TPSA) is 87.6 Å². The van der Waals surface area contributed by atoms with Crippen LogP contribution in [0.25, 0.3) is 11.1 Å². The molecule has 1 aromatic carbocycles. The standard InChI is InChI=1S/C32H40F2N4O3/c33-30(34)23-41-20-19-38(17-5-4-10-28-12-11-25-9-6-15-36-31(25)37-28)18-14-27(32(39)40)22-29-21-26(13-16-35-29)24-7-2-1-3-8-24/h1-3,7-8,11-13,16,21,27,30H,4-6,9-10,14-15,17-20,22-23H2,(H,36,37)(H,39,40)/t27-/m1/s1. The molecule has 3 aromatic rings. The van der Waals surface area contributed by atoms with Gasteiger partial charge >= 0.3 is 5.97 Å². The van der Waals surface area contributed by atoms with E-state index in [0.717, 1.165) is 73.5 Å². The lowest BCUT2D eigenvalue weighted by Crippen LogP contribution is -2.33. The van der Waals surface area contributed by atoms with E-state index in [2.05, 4.69) is 27.3 Å². The number of nitrogens with one attached hydrogen (secondary N) is 1. The Kier molecular flexibility index (Phi) is 12.0. The second-order valence-corrected chi connectivity index (χ2v) is 10.5. The van der Waals surface area contributed by atoms with Crippen LogP contribution in [0.5, 0.6) is 0 Å². The number of carbonyl (C=O) groups is 1. The predicted octanol–water partition coefficient (Wildman–Crippen LogP) is 5.74. The Bertz CT molecular complexity index is 1230. The number of pyridine rings is 2. The summed E-state index contributed by atoms with van der Waals surface area (Å²) in [5.41, 5.74) is 5.12. The highest BCUT2D eigenvalue weighted by atomic mass is 19.3. The van der Waals surface area contributed by atoms with Crippen molar-refractivity contribution in [1.82, 2.24) is 14.9 Å². The number of hydrogen-bond acceptors (Lipinski definition) is 6. The summed E-state index contributed by atoms with van der Waals surface area (Å²) in [7, 11) is 0. The van der Waals surface area contributed by atoms with Crippen molar-refractivity contribution in [1.29, 1.82) is 0 Å². The van der Waals surface area contributed by atoms with Crippen molar-refractivity contribution in [3.8, 4) is 11.1 Å². The molecule has 0 saturated heterocycles. The Morgan fingerprint density at radius 2 is 1.88 bits per heavy atom. The van der Waals surface area contributed by atoms with Crippen LogP contribution < -0.4 is 5.32 Å². The second kappa shape index (κ2) is 16.1. The van der Waals surface area contributed by atoms with Crippen LogP contribution in [-0.4, -0.2) is 71.8 Å². The first-order chi connectivity index (χ1) is 20.0. The molecule has 41 heavy (non-hydrogen) atoms. The van der Waals surface area contributed by atoms with E-state index in [9.17, 15) is 18.7 Å². The zero-order valence-corrected chi connectivity index (χ0v) is 23.5. The summed E-state index contributed by atoms with van der Waals surface area (Å²) in [6.07, 6.45) is 4.83. The van der Waals surface area contributed by atoms with Crippen LogP contribution in [0.1, 0.15) is 42.6 Å². The average Bonchev–Trinajstić information content (AvgIpc) is 2.99. The van der Waals surface area contributed by atoms with Crippen molar-refractivity contribution in [3.63, 3.8) is 0 Å². The van der Waals surface area contributed by atoms with E-state index in [4.69, 9.17) is 9.72 Å². The normalized spacial score (nSPS) is 13.7. The molecule has 1 atom stereocenters. The number of carboxylic acid groups (broad SMARTS) is 1. The Labute approximate surface area is 241 Å². The van der Waals surface area contributed by atoms with Gasteiger partial charge in [-0.3, -0.25) is 9.78 Å². The predicted molar refractivity (Wildman–Crippen MR) is 156 cm³/mol. The first kappa shape index (κ1) is 30.5. The molecule has 1 aliphatic heterocycles. The van der Waals surface area contributed by atoms with Crippen molar-refractivity contribution in [2.75, 3.05) is 44.7 Å². The van der Waals surface area contributed by atoms with Crippen LogP contribution in [0, 0.1) is 5.92 Å². The molecule has 0 amide bonds. The molecule has 2 N–H and O–H groups in total. The molecule has 220 valence electrons. The summed E-state index contributed by atoms with van der Waals surface area (Å²) in [5, 5.41) is 13.3. The van der Waals surface area contributed by atoms with Crippen molar-refractivity contribution in [2.45, 2.75) is 51.4 Å². The molecule has 0 fully saturated rings. The van der Waals surface area contributed by atoms with Gasteiger partial charge in [0.05, 0.1) is 12.5 Å². The quantitative estimate of drug-likeness (QED) is 0.202. The average molecular weight is 567 g/mol. The van der Waals surface area contributed by atoms with E-state index < -0.39 is 24.9 Å². The van der Waals surface area contributed by atoms with Gasteiger partial charge in [-0.2, -0.15) is 0 Å². The fourth-order valence-electron chi connectivity index (χ4n) is 5.15. The maximum Gasteiger partial charge on any atom is 0.306 e. The molecule has 1 aliphatic rings. The lowest BCUT2D eigenvalue weighted by atomic mass is 9.97. The number of unbranched alkanes of at least 4 members (excludes halogenated alkanes) is 1. The molecule has 0 saturated carbocycles. The van der Waals surface area contributed by atoms with E-state index in [1.165, 1.54) is 5.56 Å². The highest BCUT2D eigenvalue weighted by molar-refractivity contribution is 5.70. The number of benzene rings is 1. The molecule has 0 spiro atoms. The van der Waals surface area contributed by atoms with Crippen LogP contribution in [0.15, 0.2) is 60.8 Å². The van der Waals surface area contributed by atoms with Crippen LogP contribution in [0.2, 0.25) is 0 Å². The fraction of sp³-hybridized carbons (Fsp3) is 0.469. The Balaban J connectivity index is 1.30. The second-order valence-electron chi connectivity index (χ2n) is 10.5.